The van der Waals surface area contributed by atoms with E-state index in [0.29, 0.717) is 5.56 Å². The van der Waals surface area contributed by atoms with Crippen LogP contribution in [0.5, 0.6) is 5.75 Å². The third kappa shape index (κ3) is 3.67. The van der Waals surface area contributed by atoms with E-state index in [1.54, 1.807) is 24.3 Å². The molecule has 0 aliphatic rings. The van der Waals surface area contributed by atoms with Crippen LogP contribution >= 0.6 is 0 Å². The molecule has 0 spiro atoms. The topological polar surface area (TPSA) is 72.5 Å². The van der Waals surface area contributed by atoms with Crippen molar-refractivity contribution in [2.24, 2.45) is 5.73 Å². The molecule has 3 N–H and O–H groups in total. The molecule has 0 saturated heterocycles. The summed E-state index contributed by atoms with van der Waals surface area (Å²) in [5.41, 5.74) is 6.06. The fourth-order valence-electron chi connectivity index (χ4n) is 1.24. The maximum absolute atomic E-state index is 10.7. The average molecular weight is 239 g/mol. The van der Waals surface area contributed by atoms with Gasteiger partial charge in [0.15, 0.2) is 0 Å². The van der Waals surface area contributed by atoms with Crippen LogP contribution in [0.3, 0.4) is 0 Å². The van der Waals surface area contributed by atoms with Gasteiger partial charge in [0.25, 0.3) is 0 Å². The lowest BCUT2D eigenvalue weighted by molar-refractivity contribution is -0.138. The molecule has 16 heavy (non-hydrogen) atoms. The molecule has 0 saturated carbocycles. The van der Waals surface area contributed by atoms with Crippen molar-refractivity contribution in [1.82, 2.24) is 0 Å². The number of rotatable bonds is 4. The van der Waals surface area contributed by atoms with Crippen molar-refractivity contribution < 1.29 is 14.3 Å². The Morgan fingerprint density at radius 3 is 2.19 bits per heavy atom. The summed E-state index contributed by atoms with van der Waals surface area (Å²) in [7, 11) is -1.61. The molecule has 0 amide bonds. The summed E-state index contributed by atoms with van der Waals surface area (Å²) >= 11 is 0. The molecule has 0 aliphatic heterocycles. The van der Waals surface area contributed by atoms with Crippen molar-refractivity contribution in [3.63, 3.8) is 0 Å². The highest BCUT2D eigenvalue weighted by Crippen LogP contribution is 2.19. The van der Waals surface area contributed by atoms with E-state index in [9.17, 15) is 4.79 Å². The van der Waals surface area contributed by atoms with Crippen molar-refractivity contribution in [1.29, 1.82) is 0 Å². The molecule has 0 fully saturated rings. The largest absolute Gasteiger partial charge is 0.544 e. The van der Waals surface area contributed by atoms with Gasteiger partial charge in [0.05, 0.1) is 0 Å². The Kier molecular flexibility index (Phi) is 3.72. The van der Waals surface area contributed by atoms with Crippen LogP contribution in [0.2, 0.25) is 19.6 Å². The molecule has 0 bridgehead atoms. The molecule has 1 rings (SSSR count). The van der Waals surface area contributed by atoms with Crippen LogP contribution in [0, 0.1) is 0 Å². The zero-order valence-corrected chi connectivity index (χ0v) is 10.7. The van der Waals surface area contributed by atoms with E-state index in [4.69, 9.17) is 15.3 Å². The second kappa shape index (κ2) is 4.67. The fraction of sp³-hybridized carbons (Fsp3) is 0.364. The lowest BCUT2D eigenvalue weighted by Crippen LogP contribution is -2.29. The van der Waals surface area contributed by atoms with Crippen molar-refractivity contribution in [3.8, 4) is 5.75 Å². The van der Waals surface area contributed by atoms with Crippen molar-refractivity contribution in [2.75, 3.05) is 0 Å². The molecular weight excluding hydrogens is 222 g/mol. The van der Waals surface area contributed by atoms with Crippen LogP contribution in [0.4, 0.5) is 0 Å². The van der Waals surface area contributed by atoms with Crippen molar-refractivity contribution in [2.45, 2.75) is 25.7 Å². The molecule has 88 valence electrons. The number of hydrogen-bond acceptors (Lipinski definition) is 3. The van der Waals surface area contributed by atoms with Gasteiger partial charge in [-0.15, -0.1) is 0 Å². The monoisotopic (exact) mass is 239 g/mol. The Bertz CT molecular complexity index is 370. The first-order chi connectivity index (χ1) is 7.29. The van der Waals surface area contributed by atoms with Gasteiger partial charge < -0.3 is 15.3 Å². The molecule has 0 radical (unpaired) electrons. The van der Waals surface area contributed by atoms with Crippen molar-refractivity contribution >= 4 is 14.3 Å². The maximum atomic E-state index is 10.7. The summed E-state index contributed by atoms with van der Waals surface area (Å²) in [6, 6.07) is 5.93. The Labute approximate surface area is 96.2 Å². The first-order valence-electron chi connectivity index (χ1n) is 5.07. The van der Waals surface area contributed by atoms with Crippen LogP contribution in [0.15, 0.2) is 24.3 Å². The van der Waals surface area contributed by atoms with Gasteiger partial charge in [0.1, 0.15) is 11.8 Å². The normalized spacial score (nSPS) is 13.2. The highest BCUT2D eigenvalue weighted by Gasteiger charge is 2.17. The van der Waals surface area contributed by atoms with Gasteiger partial charge >= 0.3 is 5.97 Å². The highest BCUT2D eigenvalue weighted by molar-refractivity contribution is 6.70. The predicted molar refractivity (Wildman–Crippen MR) is 65.0 cm³/mol. The van der Waals surface area contributed by atoms with Crippen molar-refractivity contribution in [3.05, 3.63) is 29.8 Å². The van der Waals surface area contributed by atoms with E-state index in [1.165, 1.54) is 0 Å². The van der Waals surface area contributed by atoms with E-state index < -0.39 is 20.3 Å². The smallest absolute Gasteiger partial charge is 0.325 e. The minimum Gasteiger partial charge on any atom is -0.544 e. The molecule has 1 unspecified atom stereocenters. The summed E-state index contributed by atoms with van der Waals surface area (Å²) in [6.45, 7) is 6.26. The highest BCUT2D eigenvalue weighted by atomic mass is 28.4. The summed E-state index contributed by atoms with van der Waals surface area (Å²) in [5.74, 6) is -0.264. The van der Waals surface area contributed by atoms with Gasteiger partial charge in [0.2, 0.25) is 8.32 Å². The fourth-order valence-corrected chi connectivity index (χ4v) is 2.08. The molecule has 0 aliphatic carbocycles. The summed E-state index contributed by atoms with van der Waals surface area (Å²) in [5, 5.41) is 8.74. The molecule has 1 atom stereocenters. The van der Waals surface area contributed by atoms with Gasteiger partial charge in [-0.05, 0) is 37.3 Å². The number of nitrogens with two attached hydrogens (primary N) is 1. The number of aliphatic carboxylic acids is 1. The van der Waals surface area contributed by atoms with Crippen LogP contribution < -0.4 is 10.2 Å². The van der Waals surface area contributed by atoms with E-state index in [2.05, 4.69) is 19.6 Å². The lowest BCUT2D eigenvalue weighted by atomic mass is 10.1. The SMILES string of the molecule is C[Si](C)(C)Oc1ccc(C(N)C(=O)O)cc1. The molecular formula is C11H17NO3Si. The Hall–Kier alpha value is -1.33. The van der Waals surface area contributed by atoms with Gasteiger partial charge in [-0.1, -0.05) is 12.1 Å². The van der Waals surface area contributed by atoms with Crippen LogP contribution in [-0.4, -0.2) is 19.4 Å². The van der Waals surface area contributed by atoms with Gasteiger partial charge in [-0.25, -0.2) is 0 Å². The van der Waals surface area contributed by atoms with Crippen LogP contribution in [-0.2, 0) is 4.79 Å². The van der Waals surface area contributed by atoms with Crippen LogP contribution in [0.1, 0.15) is 11.6 Å². The maximum Gasteiger partial charge on any atom is 0.325 e. The first-order valence-corrected chi connectivity index (χ1v) is 8.48. The molecule has 0 heterocycles. The van der Waals surface area contributed by atoms with E-state index >= 15 is 0 Å². The Morgan fingerprint density at radius 1 is 1.31 bits per heavy atom. The molecule has 0 aromatic heterocycles. The second-order valence-electron chi connectivity index (χ2n) is 4.60. The lowest BCUT2D eigenvalue weighted by Gasteiger charge is -2.19. The Balaban J connectivity index is 2.79. The predicted octanol–water partition coefficient (Wildman–Crippen LogP) is 1.98. The number of benzene rings is 1. The van der Waals surface area contributed by atoms with Crippen LogP contribution in [0.25, 0.3) is 0 Å². The molecule has 1 aromatic carbocycles. The Morgan fingerprint density at radius 2 is 1.81 bits per heavy atom. The zero-order valence-electron chi connectivity index (χ0n) is 9.73. The first kappa shape index (κ1) is 12.7. The van der Waals surface area contributed by atoms with Gasteiger partial charge in [0, 0.05) is 0 Å². The summed E-state index contributed by atoms with van der Waals surface area (Å²) in [6.07, 6.45) is 0. The third-order valence-corrected chi connectivity index (χ3v) is 2.78. The zero-order chi connectivity index (χ0) is 12.3. The van der Waals surface area contributed by atoms with E-state index in [1.807, 2.05) is 0 Å². The molecule has 5 heteroatoms. The number of carboxylic acid groups (broad SMARTS) is 1. The minimum atomic E-state index is -1.61. The molecule has 4 nitrogen and oxygen atoms in total. The molecule has 1 aromatic rings. The number of carbonyl (C=O) groups is 1. The van der Waals surface area contributed by atoms with Gasteiger partial charge in [-0.3, -0.25) is 4.79 Å². The van der Waals surface area contributed by atoms with E-state index in [-0.39, 0.29) is 0 Å². The number of hydrogen-bond donors (Lipinski definition) is 2. The second-order valence-corrected chi connectivity index (χ2v) is 9.03. The minimum absolute atomic E-state index is 0.579. The van der Waals surface area contributed by atoms with Gasteiger partial charge in [-0.2, -0.15) is 0 Å². The quantitative estimate of drug-likeness (QED) is 0.788. The average Bonchev–Trinajstić information content (AvgIpc) is 2.15. The third-order valence-electron chi connectivity index (χ3n) is 1.93. The summed E-state index contributed by atoms with van der Waals surface area (Å²) < 4.78 is 5.75. The van der Waals surface area contributed by atoms with E-state index in [0.717, 1.165) is 5.75 Å². The number of carboxylic acids is 1. The summed E-state index contributed by atoms with van der Waals surface area (Å²) in [4.78, 5) is 10.7. The standard InChI is InChI=1S/C11H17NO3Si/c1-16(2,3)15-9-6-4-8(5-7-9)10(12)11(13)14/h4-7,10H,12H2,1-3H3,(H,13,14).